The van der Waals surface area contributed by atoms with E-state index in [1.807, 2.05) is 0 Å². The number of nitrogens with zero attached hydrogens (tertiary/aromatic N) is 2. The summed E-state index contributed by atoms with van der Waals surface area (Å²) >= 11 is 0. The van der Waals surface area contributed by atoms with Crippen molar-refractivity contribution in [1.29, 1.82) is 5.26 Å². The molecule has 0 aliphatic carbocycles. The van der Waals surface area contributed by atoms with Crippen LogP contribution in [0.25, 0.3) is 11.3 Å². The van der Waals surface area contributed by atoms with Crippen LogP contribution in [0.15, 0.2) is 64.1 Å². The van der Waals surface area contributed by atoms with Crippen LogP contribution in [-0.4, -0.2) is 23.2 Å². The maximum Gasteiger partial charge on any atom is 0.335 e. The minimum absolute atomic E-state index is 0.108. The number of carbonyl (C=O) groups excluding carboxylic acids is 1. The number of hydrazone groups is 1. The second-order valence-corrected chi connectivity index (χ2v) is 5.59. The van der Waals surface area contributed by atoms with Crippen LogP contribution in [0, 0.1) is 17.1 Å². The summed E-state index contributed by atoms with van der Waals surface area (Å²) in [7, 11) is 0. The van der Waals surface area contributed by atoms with Gasteiger partial charge in [0.25, 0.3) is 5.91 Å². The molecule has 1 heterocycles. The summed E-state index contributed by atoms with van der Waals surface area (Å²) in [6, 6.07) is 14.7. The third-order valence-corrected chi connectivity index (χ3v) is 3.74. The number of amides is 1. The van der Waals surface area contributed by atoms with Crippen LogP contribution < -0.4 is 5.43 Å². The molecule has 0 saturated heterocycles. The first-order valence-electron chi connectivity index (χ1n) is 7.94. The molecule has 3 aromatic rings. The summed E-state index contributed by atoms with van der Waals surface area (Å²) in [5.41, 5.74) is 2.88. The minimum atomic E-state index is -1.02. The number of furan rings is 1. The Kier molecular flexibility index (Phi) is 5.28. The van der Waals surface area contributed by atoms with Crippen molar-refractivity contribution in [2.24, 2.45) is 5.10 Å². The number of nitriles is 1. The van der Waals surface area contributed by atoms with Gasteiger partial charge < -0.3 is 9.52 Å². The smallest absolute Gasteiger partial charge is 0.335 e. The molecule has 28 heavy (non-hydrogen) atoms. The zero-order valence-electron chi connectivity index (χ0n) is 14.2. The van der Waals surface area contributed by atoms with Crippen LogP contribution in [0.3, 0.4) is 0 Å². The van der Waals surface area contributed by atoms with Gasteiger partial charge in [-0.2, -0.15) is 10.4 Å². The molecule has 0 bridgehead atoms. The predicted molar refractivity (Wildman–Crippen MR) is 97.3 cm³/mol. The maximum atomic E-state index is 13.8. The lowest BCUT2D eigenvalue weighted by molar-refractivity contribution is 0.0696. The van der Waals surface area contributed by atoms with Crippen molar-refractivity contribution in [2.75, 3.05) is 0 Å². The highest BCUT2D eigenvalue weighted by Crippen LogP contribution is 2.22. The van der Waals surface area contributed by atoms with E-state index in [-0.39, 0.29) is 16.7 Å². The van der Waals surface area contributed by atoms with Crippen LogP contribution in [0.2, 0.25) is 0 Å². The largest absolute Gasteiger partial charge is 0.478 e. The number of carbonyl (C=O) groups is 2. The molecule has 0 aliphatic rings. The number of hydrogen-bond donors (Lipinski definition) is 2. The Morgan fingerprint density at radius 1 is 1.14 bits per heavy atom. The van der Waals surface area contributed by atoms with Crippen molar-refractivity contribution in [3.8, 4) is 17.4 Å². The van der Waals surface area contributed by atoms with Crippen molar-refractivity contribution in [3.63, 3.8) is 0 Å². The first-order chi connectivity index (χ1) is 13.5. The number of carboxylic acid groups (broad SMARTS) is 1. The van der Waals surface area contributed by atoms with Gasteiger partial charge in [-0.05, 0) is 42.5 Å². The van der Waals surface area contributed by atoms with Gasteiger partial charge in [0.15, 0.2) is 0 Å². The average Bonchev–Trinajstić information content (AvgIpc) is 3.16. The number of hydrogen-bond acceptors (Lipinski definition) is 5. The first-order valence-corrected chi connectivity index (χ1v) is 7.94. The number of carboxylic acids is 1. The van der Waals surface area contributed by atoms with Crippen LogP contribution in [-0.2, 0) is 0 Å². The SMILES string of the molecule is N#Cc1ccc(C(=O)N/N=C\c2ccc(-c3ccc(C(=O)O)cc3)o2)c(F)c1. The molecule has 0 fully saturated rings. The van der Waals surface area contributed by atoms with Gasteiger partial charge >= 0.3 is 5.97 Å². The Bertz CT molecular complexity index is 1110. The summed E-state index contributed by atoms with van der Waals surface area (Å²) in [6.45, 7) is 0. The quantitative estimate of drug-likeness (QED) is 0.522. The molecule has 2 N–H and O–H groups in total. The van der Waals surface area contributed by atoms with Crippen molar-refractivity contribution in [1.82, 2.24) is 5.43 Å². The van der Waals surface area contributed by atoms with Gasteiger partial charge in [-0.3, -0.25) is 4.79 Å². The number of halogens is 1. The fraction of sp³-hybridized carbons (Fsp3) is 0. The highest BCUT2D eigenvalue weighted by Gasteiger charge is 2.11. The van der Waals surface area contributed by atoms with E-state index in [9.17, 15) is 14.0 Å². The summed E-state index contributed by atoms with van der Waals surface area (Å²) in [5, 5.41) is 21.3. The molecule has 0 spiro atoms. The number of rotatable bonds is 5. The van der Waals surface area contributed by atoms with E-state index in [2.05, 4.69) is 10.5 Å². The number of aromatic carboxylic acids is 1. The van der Waals surface area contributed by atoms with Crippen LogP contribution in [0.1, 0.15) is 32.0 Å². The Balaban J connectivity index is 1.66. The molecule has 3 rings (SSSR count). The maximum absolute atomic E-state index is 13.8. The lowest BCUT2D eigenvalue weighted by atomic mass is 10.1. The van der Waals surface area contributed by atoms with Crippen molar-refractivity contribution >= 4 is 18.1 Å². The highest BCUT2D eigenvalue weighted by molar-refractivity contribution is 5.95. The van der Waals surface area contributed by atoms with Crippen molar-refractivity contribution in [3.05, 3.63) is 82.9 Å². The Morgan fingerprint density at radius 3 is 2.54 bits per heavy atom. The molecule has 0 atom stereocenters. The summed E-state index contributed by atoms with van der Waals surface area (Å²) in [4.78, 5) is 22.8. The molecule has 7 nitrogen and oxygen atoms in total. The Hall–Kier alpha value is -4.25. The summed E-state index contributed by atoms with van der Waals surface area (Å²) < 4.78 is 19.3. The normalized spacial score (nSPS) is 10.6. The molecule has 0 saturated carbocycles. The Labute approximate surface area is 158 Å². The molecule has 1 amide bonds. The van der Waals surface area contributed by atoms with E-state index in [0.717, 1.165) is 6.07 Å². The van der Waals surface area contributed by atoms with E-state index < -0.39 is 17.7 Å². The van der Waals surface area contributed by atoms with Crippen molar-refractivity contribution < 1.29 is 23.5 Å². The van der Waals surface area contributed by atoms with E-state index in [1.54, 1.807) is 30.3 Å². The van der Waals surface area contributed by atoms with Gasteiger partial charge in [0, 0.05) is 5.56 Å². The molecule has 8 heteroatoms. The monoisotopic (exact) mass is 377 g/mol. The second kappa shape index (κ2) is 7.97. The van der Waals surface area contributed by atoms with Gasteiger partial charge in [0.05, 0.1) is 29.0 Å². The second-order valence-electron chi connectivity index (χ2n) is 5.59. The van der Waals surface area contributed by atoms with Gasteiger partial charge in [-0.25, -0.2) is 14.6 Å². The standard InChI is InChI=1S/C20H12FN3O4/c21-17-9-12(10-22)1-7-16(17)19(25)24-23-11-15-6-8-18(28-15)13-2-4-14(5-3-13)20(26)27/h1-9,11H,(H,24,25)(H,26,27)/b23-11-. The van der Waals surface area contributed by atoms with E-state index in [0.29, 0.717) is 17.1 Å². The third kappa shape index (κ3) is 4.11. The lowest BCUT2D eigenvalue weighted by Crippen LogP contribution is -2.19. The van der Waals surface area contributed by atoms with Crippen LogP contribution >= 0.6 is 0 Å². The molecule has 138 valence electrons. The van der Waals surface area contributed by atoms with Gasteiger partial charge in [0.2, 0.25) is 0 Å². The fourth-order valence-electron chi connectivity index (χ4n) is 2.34. The summed E-state index contributed by atoms with van der Waals surface area (Å²) in [5.74, 6) is -1.79. The molecular weight excluding hydrogens is 365 g/mol. The predicted octanol–water partition coefficient (Wildman–Crippen LogP) is 3.42. The van der Waals surface area contributed by atoms with Crippen LogP contribution in [0.5, 0.6) is 0 Å². The molecule has 1 aromatic heterocycles. The fourth-order valence-corrected chi connectivity index (χ4v) is 2.34. The highest BCUT2D eigenvalue weighted by atomic mass is 19.1. The zero-order valence-corrected chi connectivity index (χ0v) is 14.2. The number of benzene rings is 2. The van der Waals surface area contributed by atoms with E-state index >= 15 is 0 Å². The molecule has 2 aromatic carbocycles. The molecule has 0 unspecified atom stereocenters. The minimum Gasteiger partial charge on any atom is -0.478 e. The van der Waals surface area contributed by atoms with Gasteiger partial charge in [-0.15, -0.1) is 0 Å². The molecule has 0 aliphatic heterocycles. The van der Waals surface area contributed by atoms with E-state index in [4.69, 9.17) is 14.8 Å². The molecule has 0 radical (unpaired) electrons. The van der Waals surface area contributed by atoms with Crippen LogP contribution in [0.4, 0.5) is 4.39 Å². The van der Waals surface area contributed by atoms with Crippen molar-refractivity contribution in [2.45, 2.75) is 0 Å². The van der Waals surface area contributed by atoms with Gasteiger partial charge in [-0.1, -0.05) is 12.1 Å². The number of nitrogens with one attached hydrogen (secondary N) is 1. The summed E-state index contributed by atoms with van der Waals surface area (Å²) in [6.07, 6.45) is 1.24. The Morgan fingerprint density at radius 2 is 1.89 bits per heavy atom. The van der Waals surface area contributed by atoms with E-state index in [1.165, 1.54) is 30.5 Å². The lowest BCUT2D eigenvalue weighted by Gasteiger charge is -2.01. The third-order valence-electron chi connectivity index (χ3n) is 3.74. The molecular formula is C20H12FN3O4. The zero-order chi connectivity index (χ0) is 20.1. The average molecular weight is 377 g/mol. The topological polar surface area (TPSA) is 116 Å². The first kappa shape index (κ1) is 18.5. The van der Waals surface area contributed by atoms with Gasteiger partial charge in [0.1, 0.15) is 17.3 Å².